The van der Waals surface area contributed by atoms with Gasteiger partial charge in [-0.1, -0.05) is 0 Å². The van der Waals surface area contributed by atoms with Gasteiger partial charge in [0.1, 0.15) is 0 Å². The van der Waals surface area contributed by atoms with Crippen molar-refractivity contribution >= 4 is 5.69 Å². The lowest BCUT2D eigenvalue weighted by molar-refractivity contribution is 0.833. The van der Waals surface area contributed by atoms with E-state index < -0.39 is 0 Å². The molecule has 0 fully saturated rings. The first kappa shape index (κ1) is 9.71. The van der Waals surface area contributed by atoms with Gasteiger partial charge in [0, 0.05) is 24.6 Å². The maximum absolute atomic E-state index is 4.31. The van der Waals surface area contributed by atoms with Gasteiger partial charge in [-0.15, -0.1) is 0 Å². The minimum atomic E-state index is 0.378. The number of pyridine rings is 1. The van der Waals surface area contributed by atoms with Crippen LogP contribution in [-0.4, -0.2) is 20.8 Å². The Bertz CT molecular complexity index is 420. The van der Waals surface area contributed by atoms with E-state index in [9.17, 15) is 0 Å². The minimum absolute atomic E-state index is 0.378. The Hall–Kier alpha value is -1.84. The molecule has 2 aromatic rings. The van der Waals surface area contributed by atoms with Gasteiger partial charge in [0.05, 0.1) is 5.69 Å². The van der Waals surface area contributed by atoms with Crippen LogP contribution in [0.15, 0.2) is 36.8 Å². The van der Waals surface area contributed by atoms with Crippen molar-refractivity contribution in [3.8, 4) is 5.82 Å². The van der Waals surface area contributed by atoms with Crippen molar-refractivity contribution in [1.29, 1.82) is 0 Å². The predicted molar refractivity (Wildman–Crippen MR) is 60.1 cm³/mol. The predicted octanol–water partition coefficient (Wildman–Crippen LogP) is 2.09. The van der Waals surface area contributed by atoms with Crippen LogP contribution in [0.1, 0.15) is 13.8 Å². The average molecular weight is 202 g/mol. The lowest BCUT2D eigenvalue weighted by atomic mass is 10.3. The summed E-state index contributed by atoms with van der Waals surface area (Å²) in [5.74, 6) is 0.830. The molecule has 78 valence electrons. The lowest BCUT2D eigenvalue weighted by Gasteiger charge is -2.13. The summed E-state index contributed by atoms with van der Waals surface area (Å²) in [5.41, 5.74) is 0.996. The Balaban J connectivity index is 2.38. The second kappa shape index (κ2) is 4.13. The SMILES string of the molecule is CC(C)Nc1cccnc1-n1cccn1. The second-order valence-electron chi connectivity index (χ2n) is 3.62. The number of rotatable bonds is 3. The molecule has 1 N–H and O–H groups in total. The first-order valence-electron chi connectivity index (χ1n) is 4.99. The van der Waals surface area contributed by atoms with Crippen LogP contribution in [0.25, 0.3) is 5.82 Å². The van der Waals surface area contributed by atoms with Gasteiger partial charge < -0.3 is 5.32 Å². The van der Waals surface area contributed by atoms with E-state index in [-0.39, 0.29) is 0 Å². The summed E-state index contributed by atoms with van der Waals surface area (Å²) in [6.45, 7) is 4.19. The maximum atomic E-state index is 4.31. The maximum Gasteiger partial charge on any atom is 0.176 e. The molecule has 0 bridgehead atoms. The average Bonchev–Trinajstić information content (AvgIpc) is 2.70. The molecule has 2 heterocycles. The summed E-state index contributed by atoms with van der Waals surface area (Å²) in [6, 6.07) is 6.18. The molecule has 15 heavy (non-hydrogen) atoms. The number of aromatic nitrogens is 3. The van der Waals surface area contributed by atoms with Crippen LogP contribution in [0.4, 0.5) is 5.69 Å². The Morgan fingerprint density at radius 3 is 2.80 bits per heavy atom. The van der Waals surface area contributed by atoms with Gasteiger partial charge in [0.15, 0.2) is 5.82 Å². The van der Waals surface area contributed by atoms with E-state index in [4.69, 9.17) is 0 Å². The summed E-state index contributed by atoms with van der Waals surface area (Å²) in [4.78, 5) is 4.31. The van der Waals surface area contributed by atoms with Crippen LogP contribution in [0.5, 0.6) is 0 Å². The van der Waals surface area contributed by atoms with Crippen molar-refractivity contribution in [2.75, 3.05) is 5.32 Å². The van der Waals surface area contributed by atoms with E-state index >= 15 is 0 Å². The molecule has 0 atom stereocenters. The molecule has 2 aromatic heterocycles. The summed E-state index contributed by atoms with van der Waals surface area (Å²) >= 11 is 0. The monoisotopic (exact) mass is 202 g/mol. The van der Waals surface area contributed by atoms with Gasteiger partial charge in [-0.2, -0.15) is 5.10 Å². The molecule has 0 saturated carbocycles. The Morgan fingerprint density at radius 2 is 2.13 bits per heavy atom. The first-order chi connectivity index (χ1) is 7.27. The molecule has 0 aromatic carbocycles. The minimum Gasteiger partial charge on any atom is -0.380 e. The van der Waals surface area contributed by atoms with Crippen molar-refractivity contribution in [3.63, 3.8) is 0 Å². The highest BCUT2D eigenvalue weighted by Crippen LogP contribution is 2.16. The highest BCUT2D eigenvalue weighted by Gasteiger charge is 2.05. The number of hydrogen-bond acceptors (Lipinski definition) is 3. The zero-order chi connectivity index (χ0) is 10.7. The van der Waals surface area contributed by atoms with Gasteiger partial charge in [-0.25, -0.2) is 9.67 Å². The van der Waals surface area contributed by atoms with Crippen molar-refractivity contribution in [1.82, 2.24) is 14.8 Å². The van der Waals surface area contributed by atoms with E-state index in [1.165, 1.54) is 0 Å². The van der Waals surface area contributed by atoms with Crippen molar-refractivity contribution < 1.29 is 0 Å². The fourth-order valence-electron chi connectivity index (χ4n) is 1.40. The van der Waals surface area contributed by atoms with E-state index in [0.717, 1.165) is 11.5 Å². The molecule has 0 saturated heterocycles. The van der Waals surface area contributed by atoms with Gasteiger partial charge in [0.2, 0.25) is 0 Å². The Morgan fingerprint density at radius 1 is 1.27 bits per heavy atom. The van der Waals surface area contributed by atoms with Crippen LogP contribution in [0.2, 0.25) is 0 Å². The smallest absolute Gasteiger partial charge is 0.176 e. The van der Waals surface area contributed by atoms with Crippen molar-refractivity contribution in [3.05, 3.63) is 36.8 Å². The van der Waals surface area contributed by atoms with Gasteiger partial charge in [-0.05, 0) is 32.0 Å². The fraction of sp³-hybridized carbons (Fsp3) is 0.273. The zero-order valence-electron chi connectivity index (χ0n) is 8.88. The van der Waals surface area contributed by atoms with Gasteiger partial charge in [-0.3, -0.25) is 0 Å². The van der Waals surface area contributed by atoms with E-state index in [2.05, 4.69) is 29.2 Å². The molecule has 0 aliphatic rings. The molecule has 0 spiro atoms. The van der Waals surface area contributed by atoms with E-state index in [1.54, 1.807) is 17.1 Å². The molecule has 4 heteroatoms. The summed E-state index contributed by atoms with van der Waals surface area (Å²) in [5, 5.41) is 7.51. The Kier molecular flexibility index (Phi) is 2.67. The molecular weight excluding hydrogens is 188 g/mol. The standard InChI is InChI=1S/C11H14N4/c1-9(2)14-10-5-3-6-12-11(10)15-8-4-7-13-15/h3-9,14H,1-2H3. The molecule has 0 aliphatic heterocycles. The number of anilines is 1. The molecule has 0 unspecified atom stereocenters. The molecule has 0 amide bonds. The molecule has 0 aliphatic carbocycles. The third-order valence-corrected chi connectivity index (χ3v) is 1.95. The normalized spacial score (nSPS) is 10.6. The summed E-state index contributed by atoms with van der Waals surface area (Å²) in [6.07, 6.45) is 5.39. The highest BCUT2D eigenvalue weighted by atomic mass is 15.3. The third-order valence-electron chi connectivity index (χ3n) is 1.95. The van der Waals surface area contributed by atoms with Crippen LogP contribution in [0.3, 0.4) is 0 Å². The number of nitrogens with zero attached hydrogens (tertiary/aromatic N) is 3. The largest absolute Gasteiger partial charge is 0.380 e. The van der Waals surface area contributed by atoms with E-state index in [1.807, 2.05) is 24.4 Å². The topological polar surface area (TPSA) is 42.7 Å². The van der Waals surface area contributed by atoms with Crippen LogP contribution >= 0.6 is 0 Å². The molecule has 0 radical (unpaired) electrons. The molecular formula is C11H14N4. The lowest BCUT2D eigenvalue weighted by Crippen LogP contribution is -2.13. The van der Waals surface area contributed by atoms with Gasteiger partial charge in [0.25, 0.3) is 0 Å². The fourth-order valence-corrected chi connectivity index (χ4v) is 1.40. The van der Waals surface area contributed by atoms with Gasteiger partial charge >= 0.3 is 0 Å². The summed E-state index contributed by atoms with van der Waals surface area (Å²) in [7, 11) is 0. The third kappa shape index (κ3) is 2.15. The quantitative estimate of drug-likeness (QED) is 0.828. The Labute approximate surface area is 89.0 Å². The van der Waals surface area contributed by atoms with Crippen LogP contribution < -0.4 is 5.32 Å². The highest BCUT2D eigenvalue weighted by molar-refractivity contribution is 5.56. The van der Waals surface area contributed by atoms with Crippen LogP contribution in [0, 0.1) is 0 Å². The van der Waals surface area contributed by atoms with Crippen molar-refractivity contribution in [2.45, 2.75) is 19.9 Å². The summed E-state index contributed by atoms with van der Waals surface area (Å²) < 4.78 is 1.75. The number of nitrogens with one attached hydrogen (secondary N) is 1. The number of hydrogen-bond donors (Lipinski definition) is 1. The molecule has 2 rings (SSSR count). The van der Waals surface area contributed by atoms with Crippen LogP contribution in [-0.2, 0) is 0 Å². The second-order valence-corrected chi connectivity index (χ2v) is 3.62. The zero-order valence-corrected chi connectivity index (χ0v) is 8.88. The first-order valence-corrected chi connectivity index (χ1v) is 4.99. The molecule has 4 nitrogen and oxygen atoms in total. The van der Waals surface area contributed by atoms with E-state index in [0.29, 0.717) is 6.04 Å². The van der Waals surface area contributed by atoms with Crippen molar-refractivity contribution in [2.24, 2.45) is 0 Å².